The van der Waals surface area contributed by atoms with Crippen LogP contribution >= 0.6 is 0 Å². The number of hydrogen-bond acceptors (Lipinski definition) is 3. The van der Waals surface area contributed by atoms with Crippen molar-refractivity contribution in [3.63, 3.8) is 0 Å². The molecule has 2 aliphatic heterocycles. The molecule has 0 saturated carbocycles. The Morgan fingerprint density at radius 3 is 2.33 bits per heavy atom. The topological polar surface area (TPSA) is 60.9 Å². The van der Waals surface area contributed by atoms with Crippen LogP contribution in [0.2, 0.25) is 0 Å². The number of hydrogen-bond donors (Lipinski definition) is 1. The zero-order valence-electron chi connectivity index (χ0n) is 11.1. The molecule has 3 atom stereocenters. The number of amides is 1. The third-order valence-electron chi connectivity index (χ3n) is 4.39. The van der Waals surface area contributed by atoms with Gasteiger partial charge in [0.1, 0.15) is 0 Å². The largest absolute Gasteiger partial charge is 0.481 e. The maximum atomic E-state index is 12.3. The molecule has 0 bridgehead atoms. The number of carboxylic acids is 1. The lowest BCUT2D eigenvalue weighted by Crippen LogP contribution is -2.48. The summed E-state index contributed by atoms with van der Waals surface area (Å²) in [6.45, 7) is 6.24. The van der Waals surface area contributed by atoms with Gasteiger partial charge in [0, 0.05) is 25.7 Å². The van der Waals surface area contributed by atoms with Gasteiger partial charge in [-0.05, 0) is 33.1 Å². The summed E-state index contributed by atoms with van der Waals surface area (Å²) in [5.41, 5.74) is 0. The standard InChI is InChI=1S/C13H22N2O3/c1-9-11(13(17)18)5-8-15(9)10(2)12(16)14-6-3-4-7-14/h9-11H,3-8H2,1-2H3,(H,17,18). The molecule has 2 heterocycles. The molecule has 2 aliphatic rings. The first-order valence-electron chi connectivity index (χ1n) is 6.79. The highest BCUT2D eigenvalue weighted by Gasteiger charge is 2.40. The Morgan fingerprint density at radius 1 is 1.22 bits per heavy atom. The molecule has 2 rings (SSSR count). The van der Waals surface area contributed by atoms with E-state index in [9.17, 15) is 9.59 Å². The van der Waals surface area contributed by atoms with Crippen LogP contribution in [0.15, 0.2) is 0 Å². The van der Waals surface area contributed by atoms with Crippen molar-refractivity contribution < 1.29 is 14.7 Å². The highest BCUT2D eigenvalue weighted by molar-refractivity contribution is 5.82. The molecule has 2 fully saturated rings. The Bertz CT molecular complexity index is 339. The van der Waals surface area contributed by atoms with Gasteiger partial charge < -0.3 is 10.0 Å². The van der Waals surface area contributed by atoms with E-state index in [1.54, 1.807) is 0 Å². The third kappa shape index (κ3) is 2.36. The van der Waals surface area contributed by atoms with Crippen LogP contribution in [0, 0.1) is 5.92 Å². The second kappa shape index (κ2) is 5.26. The molecule has 102 valence electrons. The van der Waals surface area contributed by atoms with Crippen LogP contribution in [0.4, 0.5) is 0 Å². The van der Waals surface area contributed by atoms with Crippen LogP contribution in [0.3, 0.4) is 0 Å². The molecule has 5 nitrogen and oxygen atoms in total. The monoisotopic (exact) mass is 254 g/mol. The SMILES string of the molecule is CC(C(=O)N1CCCC1)N1CCC(C(=O)O)C1C. The summed E-state index contributed by atoms with van der Waals surface area (Å²) in [6, 6.07) is -0.244. The summed E-state index contributed by atoms with van der Waals surface area (Å²) in [7, 11) is 0. The van der Waals surface area contributed by atoms with Gasteiger partial charge in [0.05, 0.1) is 12.0 Å². The molecule has 0 spiro atoms. The van der Waals surface area contributed by atoms with Crippen molar-refractivity contribution in [2.45, 2.75) is 45.2 Å². The number of carbonyl (C=O) groups is 2. The van der Waals surface area contributed by atoms with E-state index in [1.165, 1.54) is 0 Å². The second-order valence-corrected chi connectivity index (χ2v) is 5.42. The number of aliphatic carboxylic acids is 1. The molecule has 0 aromatic heterocycles. The lowest BCUT2D eigenvalue weighted by atomic mass is 10.0. The minimum atomic E-state index is -0.745. The summed E-state index contributed by atoms with van der Waals surface area (Å²) in [5.74, 6) is -0.921. The fraction of sp³-hybridized carbons (Fsp3) is 0.846. The zero-order valence-corrected chi connectivity index (χ0v) is 11.1. The van der Waals surface area contributed by atoms with Crippen molar-refractivity contribution in [3.05, 3.63) is 0 Å². The van der Waals surface area contributed by atoms with E-state index in [4.69, 9.17) is 5.11 Å². The first-order chi connectivity index (χ1) is 8.52. The van der Waals surface area contributed by atoms with Gasteiger partial charge in [0.2, 0.25) is 5.91 Å². The molecule has 1 amide bonds. The number of carboxylic acid groups (broad SMARTS) is 1. The predicted molar refractivity (Wildman–Crippen MR) is 67.2 cm³/mol. The van der Waals surface area contributed by atoms with Crippen molar-refractivity contribution in [1.29, 1.82) is 0 Å². The molecule has 18 heavy (non-hydrogen) atoms. The molecule has 2 saturated heterocycles. The van der Waals surface area contributed by atoms with Crippen LogP contribution in [0.1, 0.15) is 33.1 Å². The van der Waals surface area contributed by atoms with Crippen molar-refractivity contribution >= 4 is 11.9 Å². The van der Waals surface area contributed by atoms with Crippen molar-refractivity contribution in [2.75, 3.05) is 19.6 Å². The summed E-state index contributed by atoms with van der Waals surface area (Å²) in [4.78, 5) is 27.3. The van der Waals surface area contributed by atoms with Gasteiger partial charge in [-0.15, -0.1) is 0 Å². The van der Waals surface area contributed by atoms with Crippen LogP contribution in [0.5, 0.6) is 0 Å². The fourth-order valence-electron chi connectivity index (χ4n) is 3.18. The number of carbonyl (C=O) groups excluding carboxylic acids is 1. The van der Waals surface area contributed by atoms with E-state index in [1.807, 2.05) is 23.6 Å². The maximum Gasteiger partial charge on any atom is 0.308 e. The second-order valence-electron chi connectivity index (χ2n) is 5.42. The highest BCUT2D eigenvalue weighted by Crippen LogP contribution is 2.27. The Labute approximate surface area is 108 Å². The van der Waals surface area contributed by atoms with Gasteiger partial charge in [-0.25, -0.2) is 0 Å². The van der Waals surface area contributed by atoms with Gasteiger partial charge in [0.25, 0.3) is 0 Å². The molecule has 1 N–H and O–H groups in total. The molecular weight excluding hydrogens is 232 g/mol. The van der Waals surface area contributed by atoms with E-state index < -0.39 is 5.97 Å². The molecule has 5 heteroatoms. The lowest BCUT2D eigenvalue weighted by Gasteiger charge is -2.31. The van der Waals surface area contributed by atoms with Crippen molar-refractivity contribution in [2.24, 2.45) is 5.92 Å². The predicted octanol–water partition coefficient (Wildman–Crippen LogP) is 0.792. The van der Waals surface area contributed by atoms with Crippen LogP contribution in [0.25, 0.3) is 0 Å². The minimum absolute atomic E-state index is 0.0518. The van der Waals surface area contributed by atoms with Gasteiger partial charge >= 0.3 is 5.97 Å². The fourth-order valence-corrected chi connectivity index (χ4v) is 3.18. The first-order valence-corrected chi connectivity index (χ1v) is 6.79. The Balaban J connectivity index is 1.99. The molecule has 0 aromatic carbocycles. The van der Waals surface area contributed by atoms with Gasteiger partial charge in [0.15, 0.2) is 0 Å². The summed E-state index contributed by atoms with van der Waals surface area (Å²) in [6.07, 6.45) is 2.83. The van der Waals surface area contributed by atoms with E-state index in [0.717, 1.165) is 25.9 Å². The van der Waals surface area contributed by atoms with Gasteiger partial charge in [-0.2, -0.15) is 0 Å². The zero-order chi connectivity index (χ0) is 13.3. The van der Waals surface area contributed by atoms with Crippen LogP contribution < -0.4 is 0 Å². The number of rotatable bonds is 3. The molecule has 0 aromatic rings. The maximum absolute atomic E-state index is 12.3. The normalized spacial score (nSPS) is 30.7. The molecule has 0 radical (unpaired) electrons. The van der Waals surface area contributed by atoms with E-state index in [2.05, 4.69) is 0 Å². The minimum Gasteiger partial charge on any atom is -0.481 e. The van der Waals surface area contributed by atoms with Crippen LogP contribution in [-0.4, -0.2) is 58.5 Å². The highest BCUT2D eigenvalue weighted by atomic mass is 16.4. The van der Waals surface area contributed by atoms with Crippen LogP contribution in [-0.2, 0) is 9.59 Å². The number of nitrogens with zero attached hydrogens (tertiary/aromatic N) is 2. The Hall–Kier alpha value is -1.10. The lowest BCUT2D eigenvalue weighted by molar-refractivity contribution is -0.143. The quantitative estimate of drug-likeness (QED) is 0.809. The van der Waals surface area contributed by atoms with Crippen molar-refractivity contribution in [1.82, 2.24) is 9.80 Å². The Morgan fingerprint density at radius 2 is 1.83 bits per heavy atom. The Kier molecular flexibility index (Phi) is 3.90. The van der Waals surface area contributed by atoms with Gasteiger partial charge in [-0.3, -0.25) is 14.5 Å². The third-order valence-corrected chi connectivity index (χ3v) is 4.39. The van der Waals surface area contributed by atoms with E-state index in [0.29, 0.717) is 13.0 Å². The summed E-state index contributed by atoms with van der Waals surface area (Å²) < 4.78 is 0. The molecule has 3 unspecified atom stereocenters. The average Bonchev–Trinajstić information content (AvgIpc) is 2.95. The number of likely N-dealkylation sites (tertiary alicyclic amines) is 2. The first kappa shape index (κ1) is 13.3. The van der Waals surface area contributed by atoms with E-state index >= 15 is 0 Å². The summed E-state index contributed by atoms with van der Waals surface area (Å²) >= 11 is 0. The smallest absolute Gasteiger partial charge is 0.308 e. The summed E-state index contributed by atoms with van der Waals surface area (Å²) in [5, 5.41) is 9.11. The molecular formula is C13H22N2O3. The molecule has 0 aliphatic carbocycles. The van der Waals surface area contributed by atoms with Crippen molar-refractivity contribution in [3.8, 4) is 0 Å². The van der Waals surface area contributed by atoms with Gasteiger partial charge in [-0.1, -0.05) is 0 Å². The average molecular weight is 254 g/mol. The van der Waals surface area contributed by atoms with E-state index in [-0.39, 0.29) is 23.9 Å².